The maximum Gasteiger partial charge on any atom is 0.240 e. The fourth-order valence-electron chi connectivity index (χ4n) is 2.82. The lowest BCUT2D eigenvalue weighted by atomic mass is 10.0. The first kappa shape index (κ1) is 13.8. The van der Waals surface area contributed by atoms with Gasteiger partial charge in [0.15, 0.2) is 9.84 Å². The van der Waals surface area contributed by atoms with Gasteiger partial charge in [0.05, 0.1) is 5.75 Å². The van der Waals surface area contributed by atoms with Gasteiger partial charge in [-0.1, -0.05) is 6.42 Å². The predicted molar refractivity (Wildman–Crippen MR) is 70.1 cm³/mol. The molecule has 18 heavy (non-hydrogen) atoms. The van der Waals surface area contributed by atoms with Gasteiger partial charge in [-0.05, 0) is 32.7 Å². The van der Waals surface area contributed by atoms with E-state index in [0.717, 1.165) is 19.3 Å². The van der Waals surface area contributed by atoms with Crippen LogP contribution in [-0.2, 0) is 14.6 Å². The van der Waals surface area contributed by atoms with Crippen LogP contribution in [0.3, 0.4) is 0 Å². The van der Waals surface area contributed by atoms with Crippen LogP contribution in [0.15, 0.2) is 0 Å². The maximum atomic E-state index is 12.3. The van der Waals surface area contributed by atoms with E-state index in [4.69, 9.17) is 0 Å². The van der Waals surface area contributed by atoms with Crippen molar-refractivity contribution in [3.8, 4) is 0 Å². The minimum Gasteiger partial charge on any atom is -0.341 e. The highest BCUT2D eigenvalue weighted by atomic mass is 32.2. The molecule has 0 saturated carbocycles. The van der Waals surface area contributed by atoms with E-state index in [-0.39, 0.29) is 11.7 Å². The molecule has 0 spiro atoms. The summed E-state index contributed by atoms with van der Waals surface area (Å²) in [5, 5.41) is 2.44. The molecule has 6 heteroatoms. The average molecular weight is 274 g/mol. The monoisotopic (exact) mass is 274 g/mol. The number of nitrogens with one attached hydrogen (secondary N) is 1. The fourth-order valence-corrected chi connectivity index (χ4v) is 4.70. The lowest BCUT2D eigenvalue weighted by molar-refractivity contribution is -0.132. The Morgan fingerprint density at radius 3 is 2.39 bits per heavy atom. The summed E-state index contributed by atoms with van der Waals surface area (Å²) in [6.45, 7) is 1.35. The third kappa shape index (κ3) is 2.85. The number of piperidine rings is 1. The molecule has 0 radical (unpaired) electrons. The Labute approximate surface area is 109 Å². The van der Waals surface area contributed by atoms with Crippen molar-refractivity contribution in [2.75, 3.05) is 25.9 Å². The highest BCUT2D eigenvalue weighted by Crippen LogP contribution is 2.23. The third-order valence-corrected chi connectivity index (χ3v) is 6.23. The van der Waals surface area contributed by atoms with Gasteiger partial charge in [-0.2, -0.15) is 0 Å². The number of carbonyl (C=O) groups excluding carboxylic acids is 1. The molecule has 1 amide bonds. The normalized spacial score (nSPS) is 29.2. The molecule has 1 atom stereocenters. The van der Waals surface area contributed by atoms with E-state index >= 15 is 0 Å². The minimum atomic E-state index is -3.20. The molecule has 2 aliphatic heterocycles. The predicted octanol–water partition coefficient (Wildman–Crippen LogP) is 0.164. The SMILES string of the molecule is CNC1CCN(C(=O)C2CCCCS2(=O)=O)CC1. The molecule has 0 aromatic heterocycles. The van der Waals surface area contributed by atoms with Gasteiger partial charge >= 0.3 is 0 Å². The molecular weight excluding hydrogens is 252 g/mol. The maximum absolute atomic E-state index is 12.3. The summed E-state index contributed by atoms with van der Waals surface area (Å²) in [6, 6.07) is 0.456. The van der Waals surface area contributed by atoms with Crippen molar-refractivity contribution < 1.29 is 13.2 Å². The van der Waals surface area contributed by atoms with Crippen LogP contribution in [-0.4, -0.2) is 56.4 Å². The van der Waals surface area contributed by atoms with Gasteiger partial charge in [0.25, 0.3) is 0 Å². The van der Waals surface area contributed by atoms with Crippen LogP contribution in [0.2, 0.25) is 0 Å². The zero-order valence-corrected chi connectivity index (χ0v) is 11.7. The van der Waals surface area contributed by atoms with Gasteiger partial charge in [0.1, 0.15) is 5.25 Å². The quantitative estimate of drug-likeness (QED) is 0.779. The first-order chi connectivity index (χ1) is 8.54. The largest absolute Gasteiger partial charge is 0.341 e. The van der Waals surface area contributed by atoms with Crippen LogP contribution in [0.5, 0.6) is 0 Å². The van der Waals surface area contributed by atoms with E-state index in [9.17, 15) is 13.2 Å². The smallest absolute Gasteiger partial charge is 0.240 e. The molecule has 1 unspecified atom stereocenters. The lowest BCUT2D eigenvalue weighted by Gasteiger charge is -2.34. The van der Waals surface area contributed by atoms with Gasteiger partial charge in [0, 0.05) is 19.1 Å². The second kappa shape index (κ2) is 5.57. The number of likely N-dealkylation sites (tertiary alicyclic amines) is 1. The summed E-state index contributed by atoms with van der Waals surface area (Å²) in [4.78, 5) is 14.0. The molecule has 1 N–H and O–H groups in total. The van der Waals surface area contributed by atoms with E-state index in [2.05, 4.69) is 5.32 Å². The standard InChI is InChI=1S/C12H22N2O3S/c1-13-10-5-7-14(8-6-10)12(15)11-4-2-3-9-18(11,16)17/h10-11,13H,2-9H2,1H3. The first-order valence-corrected chi connectivity index (χ1v) is 8.44. The summed E-state index contributed by atoms with van der Waals surface area (Å²) < 4.78 is 23.9. The Morgan fingerprint density at radius 2 is 1.83 bits per heavy atom. The number of sulfone groups is 1. The summed E-state index contributed by atoms with van der Waals surface area (Å²) >= 11 is 0. The molecule has 2 fully saturated rings. The Hall–Kier alpha value is -0.620. The van der Waals surface area contributed by atoms with Crippen LogP contribution < -0.4 is 5.32 Å². The van der Waals surface area contributed by atoms with Crippen molar-refractivity contribution in [3.63, 3.8) is 0 Å². The summed E-state index contributed by atoms with van der Waals surface area (Å²) in [5.74, 6) is 0.0142. The highest BCUT2D eigenvalue weighted by Gasteiger charge is 2.38. The minimum absolute atomic E-state index is 0.163. The molecule has 0 aromatic carbocycles. The summed E-state index contributed by atoms with van der Waals surface area (Å²) in [7, 11) is -1.27. The Kier molecular flexibility index (Phi) is 4.27. The van der Waals surface area contributed by atoms with Crippen molar-refractivity contribution >= 4 is 15.7 Å². The number of nitrogens with zero attached hydrogens (tertiary/aromatic N) is 1. The lowest BCUT2D eigenvalue weighted by Crippen LogP contribution is -2.50. The van der Waals surface area contributed by atoms with Crippen molar-refractivity contribution in [3.05, 3.63) is 0 Å². The molecule has 0 aromatic rings. The molecule has 2 rings (SSSR count). The van der Waals surface area contributed by atoms with E-state index in [1.54, 1.807) is 4.90 Å². The number of carbonyl (C=O) groups is 1. The molecule has 0 aliphatic carbocycles. The van der Waals surface area contributed by atoms with Crippen LogP contribution in [0.1, 0.15) is 32.1 Å². The van der Waals surface area contributed by atoms with E-state index in [1.165, 1.54) is 0 Å². The fraction of sp³-hybridized carbons (Fsp3) is 0.917. The van der Waals surface area contributed by atoms with Gasteiger partial charge in [-0.3, -0.25) is 4.79 Å². The van der Waals surface area contributed by atoms with Crippen LogP contribution in [0.25, 0.3) is 0 Å². The number of hydrogen-bond donors (Lipinski definition) is 1. The van der Waals surface area contributed by atoms with Crippen molar-refractivity contribution in [2.45, 2.75) is 43.4 Å². The van der Waals surface area contributed by atoms with E-state index in [0.29, 0.717) is 32.0 Å². The second-order valence-electron chi connectivity index (χ2n) is 5.24. The van der Waals surface area contributed by atoms with Gasteiger partial charge in [-0.15, -0.1) is 0 Å². The number of rotatable bonds is 2. The van der Waals surface area contributed by atoms with Crippen LogP contribution in [0.4, 0.5) is 0 Å². The summed E-state index contributed by atoms with van der Waals surface area (Å²) in [5.41, 5.74) is 0. The first-order valence-electron chi connectivity index (χ1n) is 6.72. The van der Waals surface area contributed by atoms with Gasteiger partial charge in [0.2, 0.25) is 5.91 Å². The summed E-state index contributed by atoms with van der Waals surface area (Å²) in [6.07, 6.45) is 3.88. The number of amides is 1. The number of hydrogen-bond acceptors (Lipinski definition) is 4. The van der Waals surface area contributed by atoms with Crippen molar-refractivity contribution in [1.82, 2.24) is 10.2 Å². The van der Waals surface area contributed by atoms with Crippen LogP contribution in [0, 0.1) is 0 Å². The van der Waals surface area contributed by atoms with E-state index in [1.807, 2.05) is 7.05 Å². The van der Waals surface area contributed by atoms with Gasteiger partial charge < -0.3 is 10.2 Å². The molecule has 2 aliphatic rings. The van der Waals surface area contributed by atoms with E-state index < -0.39 is 15.1 Å². The van der Waals surface area contributed by atoms with Crippen LogP contribution >= 0.6 is 0 Å². The molecule has 5 nitrogen and oxygen atoms in total. The van der Waals surface area contributed by atoms with Gasteiger partial charge in [-0.25, -0.2) is 8.42 Å². The van der Waals surface area contributed by atoms with Crippen molar-refractivity contribution in [1.29, 1.82) is 0 Å². The second-order valence-corrected chi connectivity index (χ2v) is 7.54. The zero-order valence-electron chi connectivity index (χ0n) is 10.9. The Balaban J connectivity index is 1.99. The molecule has 2 saturated heterocycles. The topological polar surface area (TPSA) is 66.5 Å². The molecule has 0 bridgehead atoms. The molecular formula is C12H22N2O3S. The molecule has 2 heterocycles. The Morgan fingerprint density at radius 1 is 1.17 bits per heavy atom. The molecule has 104 valence electrons. The Bertz CT molecular complexity index is 400. The van der Waals surface area contributed by atoms with Crippen molar-refractivity contribution in [2.24, 2.45) is 0 Å². The average Bonchev–Trinajstić information content (AvgIpc) is 2.37. The highest BCUT2D eigenvalue weighted by molar-refractivity contribution is 7.92. The third-order valence-electron chi connectivity index (χ3n) is 4.07. The zero-order chi connectivity index (χ0) is 13.2.